The van der Waals surface area contributed by atoms with Crippen LogP contribution in [-0.4, -0.2) is 50.2 Å². The van der Waals surface area contributed by atoms with Gasteiger partial charge in [-0.15, -0.1) is 24.0 Å². The van der Waals surface area contributed by atoms with E-state index in [-0.39, 0.29) is 24.0 Å². The molecule has 162 valence electrons. The van der Waals surface area contributed by atoms with Crippen molar-refractivity contribution in [2.75, 3.05) is 39.8 Å². The van der Waals surface area contributed by atoms with Gasteiger partial charge in [0.2, 0.25) is 0 Å². The van der Waals surface area contributed by atoms with Crippen LogP contribution in [-0.2, 0) is 17.8 Å². The van der Waals surface area contributed by atoms with Crippen molar-refractivity contribution in [3.8, 4) is 11.5 Å². The summed E-state index contributed by atoms with van der Waals surface area (Å²) < 4.78 is 18.1. The Morgan fingerprint density at radius 2 is 1.97 bits per heavy atom. The lowest BCUT2D eigenvalue weighted by molar-refractivity contribution is 0.182. The van der Waals surface area contributed by atoms with Crippen LogP contribution < -0.4 is 20.1 Å². The van der Waals surface area contributed by atoms with Gasteiger partial charge in [-0.1, -0.05) is 0 Å². The molecule has 1 aromatic carbocycles. The van der Waals surface area contributed by atoms with Gasteiger partial charge in [-0.25, -0.2) is 0 Å². The van der Waals surface area contributed by atoms with Crippen molar-refractivity contribution in [1.29, 1.82) is 0 Å². The van der Waals surface area contributed by atoms with Gasteiger partial charge in [0.15, 0.2) is 17.5 Å². The first-order valence-electron chi connectivity index (χ1n) is 9.34. The Bertz CT molecular complexity index is 808. The van der Waals surface area contributed by atoms with Crippen molar-refractivity contribution >= 4 is 35.6 Å². The number of methoxy groups -OCH3 is 2. The van der Waals surface area contributed by atoms with Crippen LogP contribution in [0, 0.1) is 13.8 Å². The summed E-state index contributed by atoms with van der Waals surface area (Å²) >= 11 is 0. The zero-order chi connectivity index (χ0) is 20.5. The lowest BCUT2D eigenvalue weighted by atomic mass is 10.2. The number of hydrogen-bond donors (Lipinski definition) is 2. The van der Waals surface area contributed by atoms with Crippen LogP contribution in [0.1, 0.15) is 23.9 Å². The number of aliphatic imine (C=N–C) groups is 1. The largest absolute Gasteiger partial charge is 0.493 e. The van der Waals surface area contributed by atoms with E-state index in [1.165, 1.54) is 0 Å². The van der Waals surface area contributed by atoms with Crippen molar-refractivity contribution in [3.05, 3.63) is 35.2 Å². The first-order valence-corrected chi connectivity index (χ1v) is 9.34. The van der Waals surface area contributed by atoms with Crippen LogP contribution in [0.25, 0.3) is 0 Å². The molecule has 0 spiro atoms. The third-order valence-corrected chi connectivity index (χ3v) is 4.42. The molecule has 0 saturated heterocycles. The Hall–Kier alpha value is -2.01. The number of halogens is 1. The van der Waals surface area contributed by atoms with E-state index in [4.69, 9.17) is 14.2 Å². The van der Waals surface area contributed by atoms with Gasteiger partial charge in [-0.2, -0.15) is 5.10 Å². The number of nitrogens with zero attached hydrogens (tertiary/aromatic N) is 3. The summed E-state index contributed by atoms with van der Waals surface area (Å²) in [6, 6.07) is 5.69. The smallest absolute Gasteiger partial charge is 0.195 e. The molecule has 0 amide bonds. The minimum absolute atomic E-state index is 0. The maximum atomic E-state index is 5.63. The highest BCUT2D eigenvalue weighted by atomic mass is 127. The van der Waals surface area contributed by atoms with Gasteiger partial charge in [-0.3, -0.25) is 9.67 Å². The van der Waals surface area contributed by atoms with E-state index in [2.05, 4.69) is 27.6 Å². The summed E-state index contributed by atoms with van der Waals surface area (Å²) in [6.07, 6.45) is 0. The van der Waals surface area contributed by atoms with Crippen LogP contribution in [0.3, 0.4) is 0 Å². The topological polar surface area (TPSA) is 81.9 Å². The third kappa shape index (κ3) is 6.77. The molecular weight excluding hydrogens is 485 g/mol. The number of rotatable bonds is 9. The lowest BCUT2D eigenvalue weighted by Gasteiger charge is -2.15. The van der Waals surface area contributed by atoms with E-state index in [0.717, 1.165) is 29.2 Å². The summed E-state index contributed by atoms with van der Waals surface area (Å²) in [5, 5.41) is 11.2. The molecule has 8 nitrogen and oxygen atoms in total. The molecule has 0 atom stereocenters. The Kier molecular flexibility index (Phi) is 10.8. The van der Waals surface area contributed by atoms with Crippen molar-refractivity contribution < 1.29 is 14.2 Å². The summed E-state index contributed by atoms with van der Waals surface area (Å²) in [7, 11) is 5.06. The van der Waals surface area contributed by atoms with Crippen molar-refractivity contribution in [3.63, 3.8) is 0 Å². The normalized spacial score (nSPS) is 11.0. The van der Waals surface area contributed by atoms with Gasteiger partial charge in [0.1, 0.15) is 0 Å². The van der Waals surface area contributed by atoms with Crippen LogP contribution in [0.5, 0.6) is 11.5 Å². The second-order valence-corrected chi connectivity index (χ2v) is 6.21. The third-order valence-electron chi connectivity index (χ3n) is 4.42. The number of benzene rings is 1. The molecule has 0 fully saturated rings. The van der Waals surface area contributed by atoms with Crippen LogP contribution in [0.4, 0.5) is 5.69 Å². The zero-order valence-corrected chi connectivity index (χ0v) is 20.4. The number of hydrogen-bond acceptors (Lipinski definition) is 5. The van der Waals surface area contributed by atoms with E-state index in [0.29, 0.717) is 37.2 Å². The second kappa shape index (κ2) is 12.5. The van der Waals surface area contributed by atoms with E-state index >= 15 is 0 Å². The first kappa shape index (κ1) is 25.0. The van der Waals surface area contributed by atoms with Gasteiger partial charge in [0, 0.05) is 43.7 Å². The van der Waals surface area contributed by atoms with Crippen LogP contribution in [0.2, 0.25) is 0 Å². The molecule has 0 aliphatic carbocycles. The average Bonchev–Trinajstić information content (AvgIpc) is 2.97. The minimum atomic E-state index is 0. The number of ether oxygens (including phenoxy) is 3. The van der Waals surface area contributed by atoms with Crippen molar-refractivity contribution in [2.24, 2.45) is 4.99 Å². The molecule has 2 rings (SSSR count). The fourth-order valence-electron chi connectivity index (χ4n) is 2.90. The van der Waals surface area contributed by atoms with E-state index in [1.807, 2.05) is 36.7 Å². The second-order valence-electron chi connectivity index (χ2n) is 6.21. The monoisotopic (exact) mass is 517 g/mol. The number of aryl methyl sites for hydroxylation is 1. The maximum Gasteiger partial charge on any atom is 0.195 e. The number of aromatic nitrogens is 2. The predicted molar refractivity (Wildman–Crippen MR) is 127 cm³/mol. The zero-order valence-electron chi connectivity index (χ0n) is 18.0. The molecule has 0 aliphatic rings. The molecule has 0 bridgehead atoms. The molecule has 2 aromatic rings. The first-order chi connectivity index (χ1) is 13.5. The molecule has 1 heterocycles. The van der Waals surface area contributed by atoms with Gasteiger partial charge in [0.25, 0.3) is 0 Å². The fourth-order valence-corrected chi connectivity index (χ4v) is 2.90. The molecular formula is C20H32IN5O3. The summed E-state index contributed by atoms with van der Waals surface area (Å²) in [5.41, 5.74) is 4.14. The summed E-state index contributed by atoms with van der Waals surface area (Å²) in [6.45, 7) is 8.59. The van der Waals surface area contributed by atoms with Gasteiger partial charge in [-0.05, 0) is 32.9 Å². The van der Waals surface area contributed by atoms with Gasteiger partial charge >= 0.3 is 0 Å². The molecule has 0 radical (unpaired) electrons. The van der Waals surface area contributed by atoms with Crippen molar-refractivity contribution in [1.82, 2.24) is 15.1 Å². The number of guanidine groups is 1. The Morgan fingerprint density at radius 3 is 2.59 bits per heavy atom. The number of anilines is 1. The quantitative estimate of drug-likeness (QED) is 0.302. The summed E-state index contributed by atoms with van der Waals surface area (Å²) in [5.74, 6) is 2.05. The highest BCUT2D eigenvalue weighted by Crippen LogP contribution is 2.30. The SMILES string of the molecule is CCOc1cc(NC(=NC)NCc2c(C)nn(CCOC)c2C)ccc1OC.I. The molecule has 0 unspecified atom stereocenters. The van der Waals surface area contributed by atoms with E-state index in [1.54, 1.807) is 21.3 Å². The van der Waals surface area contributed by atoms with E-state index < -0.39 is 0 Å². The fraction of sp³-hybridized carbons (Fsp3) is 0.500. The van der Waals surface area contributed by atoms with Crippen LogP contribution in [0.15, 0.2) is 23.2 Å². The highest BCUT2D eigenvalue weighted by molar-refractivity contribution is 14.0. The molecule has 9 heteroatoms. The Morgan fingerprint density at radius 1 is 1.21 bits per heavy atom. The molecule has 0 saturated carbocycles. The maximum absolute atomic E-state index is 5.63. The Balaban J connectivity index is 0.00000420. The predicted octanol–water partition coefficient (Wildman–Crippen LogP) is 3.36. The van der Waals surface area contributed by atoms with Gasteiger partial charge in [0.05, 0.1) is 32.6 Å². The number of nitrogens with one attached hydrogen (secondary N) is 2. The Labute approximate surface area is 190 Å². The standard InChI is InChI=1S/C20H31N5O3.HI/c1-7-28-19-12-16(8-9-18(19)27-6)23-20(21-4)22-13-17-14(2)24-25(15(17)3)10-11-26-5;/h8-9,12H,7,10-11,13H2,1-6H3,(H2,21,22,23);1H. The summed E-state index contributed by atoms with van der Waals surface area (Å²) in [4.78, 5) is 4.31. The minimum Gasteiger partial charge on any atom is -0.493 e. The highest BCUT2D eigenvalue weighted by Gasteiger charge is 2.12. The van der Waals surface area contributed by atoms with E-state index in [9.17, 15) is 0 Å². The lowest BCUT2D eigenvalue weighted by Crippen LogP contribution is -2.30. The molecule has 0 aliphatic heterocycles. The molecule has 1 aromatic heterocycles. The van der Waals surface area contributed by atoms with Gasteiger partial charge < -0.3 is 24.8 Å². The molecule has 29 heavy (non-hydrogen) atoms. The average molecular weight is 517 g/mol. The molecule has 2 N–H and O–H groups in total. The van der Waals surface area contributed by atoms with Crippen molar-refractivity contribution in [2.45, 2.75) is 33.9 Å². The van der Waals surface area contributed by atoms with Crippen LogP contribution >= 0.6 is 24.0 Å².